The Kier molecular flexibility index (Phi) is 4.92. The Hall–Kier alpha value is -1.22. The van der Waals surface area contributed by atoms with Crippen LogP contribution >= 0.6 is 0 Å². The van der Waals surface area contributed by atoms with E-state index in [4.69, 9.17) is 0 Å². The lowest BCUT2D eigenvalue weighted by Gasteiger charge is -2.42. The molecule has 0 saturated carbocycles. The monoisotopic (exact) mass is 277 g/mol. The summed E-state index contributed by atoms with van der Waals surface area (Å²) in [6.45, 7) is 5.64. The number of carbonyl (C=O) groups excluding carboxylic acids is 1. The molecule has 0 aliphatic carbocycles. The number of Topliss-reactive ketones (excluding diaryl/α,β-unsaturated/α-hetero) is 1. The molecule has 1 unspecified atom stereocenters. The minimum atomic E-state index is -0.279. The van der Waals surface area contributed by atoms with Crippen molar-refractivity contribution in [3.8, 4) is 0 Å². The van der Waals surface area contributed by atoms with E-state index < -0.39 is 0 Å². The molecule has 1 heterocycles. The fourth-order valence-corrected chi connectivity index (χ4v) is 3.56. The molecule has 1 aromatic carbocycles. The highest BCUT2D eigenvalue weighted by Crippen LogP contribution is 2.46. The summed E-state index contributed by atoms with van der Waals surface area (Å²) in [5.74, 6) is 0.264. The van der Waals surface area contributed by atoms with E-state index in [0.29, 0.717) is 0 Å². The summed E-state index contributed by atoms with van der Waals surface area (Å²) < 4.78 is 13.2. The van der Waals surface area contributed by atoms with Gasteiger partial charge >= 0.3 is 0 Å². The Morgan fingerprint density at radius 2 is 1.90 bits per heavy atom. The van der Waals surface area contributed by atoms with Crippen molar-refractivity contribution in [2.45, 2.75) is 45.4 Å². The van der Waals surface area contributed by atoms with Crippen LogP contribution < -0.4 is 5.32 Å². The number of halogens is 1. The Morgan fingerprint density at radius 3 is 2.40 bits per heavy atom. The van der Waals surface area contributed by atoms with Crippen LogP contribution in [-0.4, -0.2) is 18.9 Å². The second kappa shape index (κ2) is 6.49. The van der Waals surface area contributed by atoms with E-state index in [1.165, 1.54) is 12.1 Å². The quantitative estimate of drug-likeness (QED) is 0.889. The van der Waals surface area contributed by atoms with Crippen LogP contribution in [0.2, 0.25) is 0 Å². The first-order chi connectivity index (χ1) is 9.60. The normalized spacial score (nSPS) is 19.6. The molecule has 3 heteroatoms. The molecular weight excluding hydrogens is 253 g/mol. The molecule has 2 nitrogen and oxygen atoms in total. The van der Waals surface area contributed by atoms with Gasteiger partial charge in [0.15, 0.2) is 0 Å². The lowest BCUT2D eigenvalue weighted by Crippen LogP contribution is -2.45. The van der Waals surface area contributed by atoms with Gasteiger partial charge in [-0.25, -0.2) is 4.39 Å². The average molecular weight is 277 g/mol. The van der Waals surface area contributed by atoms with E-state index in [1.807, 2.05) is 12.1 Å². The van der Waals surface area contributed by atoms with Crippen molar-refractivity contribution in [1.29, 1.82) is 0 Å². The number of hydrogen-bond donors (Lipinski definition) is 1. The Labute approximate surface area is 120 Å². The molecule has 1 saturated heterocycles. The van der Waals surface area contributed by atoms with Gasteiger partial charge in [-0.05, 0) is 62.9 Å². The first-order valence-corrected chi connectivity index (χ1v) is 7.57. The molecule has 1 N–H and O–H groups in total. The van der Waals surface area contributed by atoms with E-state index in [0.717, 1.165) is 44.3 Å². The van der Waals surface area contributed by atoms with Crippen molar-refractivity contribution in [3.63, 3.8) is 0 Å². The van der Waals surface area contributed by atoms with Gasteiger partial charge < -0.3 is 5.32 Å². The summed E-state index contributed by atoms with van der Waals surface area (Å²) in [4.78, 5) is 12.4. The molecule has 1 fully saturated rings. The van der Waals surface area contributed by atoms with Crippen LogP contribution in [0.15, 0.2) is 24.3 Å². The van der Waals surface area contributed by atoms with Crippen LogP contribution in [0.25, 0.3) is 0 Å². The summed E-state index contributed by atoms with van der Waals surface area (Å²) >= 11 is 0. The molecule has 0 spiro atoms. The van der Waals surface area contributed by atoms with E-state index in [1.54, 1.807) is 6.92 Å². The summed E-state index contributed by atoms with van der Waals surface area (Å²) in [5.41, 5.74) is 0.823. The fraction of sp³-hybridized carbons (Fsp3) is 0.588. The van der Waals surface area contributed by atoms with Crippen LogP contribution in [0.4, 0.5) is 4.39 Å². The maximum atomic E-state index is 13.2. The number of carbonyl (C=O) groups is 1. The van der Waals surface area contributed by atoms with E-state index in [2.05, 4.69) is 12.2 Å². The second-order valence-electron chi connectivity index (χ2n) is 5.86. The summed E-state index contributed by atoms with van der Waals surface area (Å²) in [6, 6.07) is 6.71. The predicted octanol–water partition coefficient (Wildman–Crippen LogP) is 3.67. The molecule has 0 aromatic heterocycles. The molecule has 20 heavy (non-hydrogen) atoms. The standard InChI is InChI=1S/C17H24FNO/c1-3-4-16(14-5-7-15(18)8-6-14)17(13(2)20)9-11-19-12-10-17/h5-8,16,19H,3-4,9-12H2,1-2H3. The molecular formula is C17H24FNO. The summed E-state index contributed by atoms with van der Waals surface area (Å²) in [6.07, 6.45) is 3.77. The Balaban J connectivity index is 2.38. The van der Waals surface area contributed by atoms with Gasteiger partial charge in [-0.3, -0.25) is 4.79 Å². The molecule has 0 amide bonds. The molecule has 110 valence electrons. The number of ketones is 1. The molecule has 2 rings (SSSR count). The first-order valence-electron chi connectivity index (χ1n) is 7.57. The minimum Gasteiger partial charge on any atom is -0.317 e. The maximum absolute atomic E-state index is 13.2. The van der Waals surface area contributed by atoms with Crippen molar-refractivity contribution < 1.29 is 9.18 Å². The summed E-state index contributed by atoms with van der Waals surface area (Å²) in [7, 11) is 0. The molecule has 0 radical (unpaired) electrons. The highest BCUT2D eigenvalue weighted by Gasteiger charge is 2.43. The predicted molar refractivity (Wildman–Crippen MR) is 79.3 cm³/mol. The van der Waals surface area contributed by atoms with Gasteiger partial charge in [0, 0.05) is 5.41 Å². The van der Waals surface area contributed by atoms with Crippen molar-refractivity contribution in [1.82, 2.24) is 5.32 Å². The molecule has 1 aromatic rings. The van der Waals surface area contributed by atoms with Crippen LogP contribution in [0.3, 0.4) is 0 Å². The smallest absolute Gasteiger partial charge is 0.136 e. The SMILES string of the molecule is CCCC(c1ccc(F)cc1)C1(C(C)=O)CCNCC1. The minimum absolute atomic E-state index is 0.202. The zero-order valence-electron chi connectivity index (χ0n) is 12.4. The van der Waals surface area contributed by atoms with E-state index >= 15 is 0 Å². The van der Waals surface area contributed by atoms with Gasteiger partial charge in [-0.1, -0.05) is 25.5 Å². The first kappa shape index (κ1) is 15.2. The zero-order valence-corrected chi connectivity index (χ0v) is 12.4. The zero-order chi connectivity index (χ0) is 14.6. The van der Waals surface area contributed by atoms with Gasteiger partial charge in [-0.15, -0.1) is 0 Å². The van der Waals surface area contributed by atoms with Crippen molar-refractivity contribution in [3.05, 3.63) is 35.6 Å². The van der Waals surface area contributed by atoms with Crippen molar-refractivity contribution >= 4 is 5.78 Å². The van der Waals surface area contributed by atoms with E-state index in [-0.39, 0.29) is 22.9 Å². The largest absolute Gasteiger partial charge is 0.317 e. The average Bonchev–Trinajstić information content (AvgIpc) is 2.46. The van der Waals surface area contributed by atoms with Crippen LogP contribution in [0, 0.1) is 11.2 Å². The highest BCUT2D eigenvalue weighted by molar-refractivity contribution is 5.83. The second-order valence-corrected chi connectivity index (χ2v) is 5.86. The topological polar surface area (TPSA) is 29.1 Å². The highest BCUT2D eigenvalue weighted by atomic mass is 19.1. The summed E-state index contributed by atoms with van der Waals surface area (Å²) in [5, 5.41) is 3.34. The van der Waals surface area contributed by atoms with Gasteiger partial charge in [0.05, 0.1) is 0 Å². The third-order valence-corrected chi connectivity index (χ3v) is 4.71. The number of benzene rings is 1. The Bertz CT molecular complexity index is 449. The lowest BCUT2D eigenvalue weighted by molar-refractivity contribution is -0.129. The Morgan fingerprint density at radius 1 is 1.30 bits per heavy atom. The van der Waals surface area contributed by atoms with Crippen molar-refractivity contribution in [2.24, 2.45) is 5.41 Å². The van der Waals surface area contributed by atoms with Crippen LogP contribution in [-0.2, 0) is 4.79 Å². The maximum Gasteiger partial charge on any atom is 0.136 e. The van der Waals surface area contributed by atoms with Crippen molar-refractivity contribution in [2.75, 3.05) is 13.1 Å². The third-order valence-electron chi connectivity index (χ3n) is 4.71. The van der Waals surface area contributed by atoms with Gasteiger partial charge in [0.25, 0.3) is 0 Å². The van der Waals surface area contributed by atoms with Gasteiger partial charge in [0.1, 0.15) is 11.6 Å². The van der Waals surface area contributed by atoms with Crippen LogP contribution in [0.1, 0.15) is 51.0 Å². The number of hydrogen-bond acceptors (Lipinski definition) is 2. The number of rotatable bonds is 5. The van der Waals surface area contributed by atoms with E-state index in [9.17, 15) is 9.18 Å². The molecule has 1 aliphatic heterocycles. The fourth-order valence-electron chi connectivity index (χ4n) is 3.56. The van der Waals surface area contributed by atoms with Gasteiger partial charge in [0.2, 0.25) is 0 Å². The molecule has 1 atom stereocenters. The van der Waals surface area contributed by atoms with Crippen LogP contribution in [0.5, 0.6) is 0 Å². The van der Waals surface area contributed by atoms with Gasteiger partial charge in [-0.2, -0.15) is 0 Å². The number of piperidine rings is 1. The third kappa shape index (κ3) is 2.93. The number of nitrogens with one attached hydrogen (secondary N) is 1. The lowest BCUT2D eigenvalue weighted by atomic mass is 9.63. The molecule has 1 aliphatic rings. The molecule has 0 bridgehead atoms.